The van der Waals surface area contributed by atoms with Gasteiger partial charge in [-0.25, -0.2) is 4.79 Å². The first kappa shape index (κ1) is 12.6. The van der Waals surface area contributed by atoms with Crippen LogP contribution in [-0.2, 0) is 14.3 Å². The van der Waals surface area contributed by atoms with Crippen LogP contribution in [0.4, 0.5) is 5.69 Å². The molecule has 0 atom stereocenters. The number of anilines is 1. The van der Waals surface area contributed by atoms with Crippen molar-refractivity contribution >= 4 is 17.6 Å². The molecule has 2 rings (SSSR count). The highest BCUT2D eigenvalue weighted by atomic mass is 16.5. The first-order valence-corrected chi connectivity index (χ1v) is 6.10. The smallest absolute Gasteiger partial charge is 0.397 e. The van der Waals surface area contributed by atoms with Gasteiger partial charge in [-0.05, 0) is 24.0 Å². The summed E-state index contributed by atoms with van der Waals surface area (Å²) in [7, 11) is 0. The fraction of sp³-hybridized carbons (Fsp3) is 0.429. The van der Waals surface area contributed by atoms with Crippen LogP contribution in [0.5, 0.6) is 0 Å². The monoisotopic (exact) mass is 247 g/mol. The molecular formula is C14H17NO3. The number of morpholine rings is 1. The number of ether oxygens (including phenoxy) is 1. The minimum Gasteiger partial charge on any atom is -0.457 e. The Labute approximate surface area is 107 Å². The number of nitrogens with zero attached hydrogens (tertiary/aromatic N) is 1. The van der Waals surface area contributed by atoms with E-state index < -0.39 is 11.9 Å². The highest BCUT2D eigenvalue weighted by Crippen LogP contribution is 2.31. The van der Waals surface area contributed by atoms with Crippen LogP contribution in [0.1, 0.15) is 30.9 Å². The predicted molar refractivity (Wildman–Crippen MR) is 68.6 cm³/mol. The molecule has 0 aliphatic carbocycles. The lowest BCUT2D eigenvalue weighted by Crippen LogP contribution is -2.46. The number of cyclic esters (lactones) is 1. The van der Waals surface area contributed by atoms with Crippen LogP contribution < -0.4 is 4.90 Å². The molecule has 0 spiro atoms. The van der Waals surface area contributed by atoms with Crippen molar-refractivity contribution in [2.24, 2.45) is 0 Å². The molecule has 0 radical (unpaired) electrons. The molecule has 0 N–H and O–H groups in total. The maximum atomic E-state index is 11.9. The summed E-state index contributed by atoms with van der Waals surface area (Å²) in [6.45, 7) is 6.79. The number of hydrogen-bond acceptors (Lipinski definition) is 3. The molecule has 0 unspecified atom stereocenters. The highest BCUT2D eigenvalue weighted by Gasteiger charge is 2.31. The van der Waals surface area contributed by atoms with Crippen LogP contribution in [0.3, 0.4) is 0 Å². The first-order chi connectivity index (χ1) is 8.52. The molecule has 1 saturated heterocycles. The zero-order valence-electron chi connectivity index (χ0n) is 10.9. The van der Waals surface area contributed by atoms with E-state index in [1.807, 2.05) is 25.1 Å². The van der Waals surface area contributed by atoms with Crippen LogP contribution in [-0.4, -0.2) is 25.0 Å². The quantitative estimate of drug-likeness (QED) is 0.593. The SMILES string of the molecule is Cc1cccc(C(C)C)c1N1CCOC(=O)C1=O. The number of carbonyl (C=O) groups is 2. The third-order valence-corrected chi connectivity index (χ3v) is 3.13. The summed E-state index contributed by atoms with van der Waals surface area (Å²) in [5.41, 5.74) is 2.94. The van der Waals surface area contributed by atoms with E-state index in [0.717, 1.165) is 16.8 Å². The van der Waals surface area contributed by atoms with Crippen LogP contribution in [0, 0.1) is 6.92 Å². The molecule has 0 saturated carbocycles. The summed E-state index contributed by atoms with van der Waals surface area (Å²) in [5.74, 6) is -1.04. The van der Waals surface area contributed by atoms with Gasteiger partial charge in [-0.15, -0.1) is 0 Å². The number of aryl methyl sites for hydroxylation is 1. The molecule has 0 aromatic heterocycles. The van der Waals surface area contributed by atoms with Crippen molar-refractivity contribution in [3.8, 4) is 0 Å². The number of rotatable bonds is 2. The van der Waals surface area contributed by atoms with E-state index in [0.29, 0.717) is 12.5 Å². The second kappa shape index (κ2) is 4.80. The van der Waals surface area contributed by atoms with Crippen molar-refractivity contribution in [3.05, 3.63) is 29.3 Å². The van der Waals surface area contributed by atoms with Gasteiger partial charge in [0.1, 0.15) is 6.61 Å². The Bertz CT molecular complexity index is 494. The molecule has 96 valence electrons. The Kier molecular flexibility index (Phi) is 3.36. The molecule has 1 aliphatic rings. The van der Waals surface area contributed by atoms with Crippen LogP contribution >= 0.6 is 0 Å². The fourth-order valence-electron chi connectivity index (χ4n) is 2.23. The highest BCUT2D eigenvalue weighted by molar-refractivity contribution is 6.38. The van der Waals surface area contributed by atoms with Crippen molar-refractivity contribution < 1.29 is 14.3 Å². The lowest BCUT2D eigenvalue weighted by molar-refractivity contribution is -0.156. The van der Waals surface area contributed by atoms with Crippen molar-refractivity contribution in [3.63, 3.8) is 0 Å². The van der Waals surface area contributed by atoms with Gasteiger partial charge in [0.25, 0.3) is 0 Å². The molecule has 1 fully saturated rings. The summed E-state index contributed by atoms with van der Waals surface area (Å²) >= 11 is 0. The van der Waals surface area contributed by atoms with Gasteiger partial charge >= 0.3 is 11.9 Å². The summed E-state index contributed by atoms with van der Waals surface area (Å²) in [5, 5.41) is 0. The predicted octanol–water partition coefficient (Wildman–Crippen LogP) is 2.01. The van der Waals surface area contributed by atoms with Gasteiger partial charge in [-0.2, -0.15) is 0 Å². The van der Waals surface area contributed by atoms with Gasteiger partial charge < -0.3 is 4.74 Å². The Hall–Kier alpha value is -1.84. The number of hydrogen-bond donors (Lipinski definition) is 0. The van der Waals surface area contributed by atoms with Crippen molar-refractivity contribution in [2.45, 2.75) is 26.7 Å². The molecule has 1 aromatic carbocycles. The molecule has 4 heteroatoms. The summed E-state index contributed by atoms with van der Waals surface area (Å²) < 4.78 is 4.75. The van der Waals surface area contributed by atoms with E-state index in [4.69, 9.17) is 4.74 Å². The molecule has 1 heterocycles. The van der Waals surface area contributed by atoms with Crippen LogP contribution in [0.15, 0.2) is 18.2 Å². The Morgan fingerprint density at radius 1 is 1.28 bits per heavy atom. The maximum Gasteiger partial charge on any atom is 0.397 e. The fourth-order valence-corrected chi connectivity index (χ4v) is 2.23. The Morgan fingerprint density at radius 2 is 2.00 bits per heavy atom. The first-order valence-electron chi connectivity index (χ1n) is 6.10. The van der Waals surface area contributed by atoms with Crippen molar-refractivity contribution in [1.29, 1.82) is 0 Å². The van der Waals surface area contributed by atoms with E-state index >= 15 is 0 Å². The topological polar surface area (TPSA) is 46.6 Å². The molecule has 1 aromatic rings. The number of carbonyl (C=O) groups excluding carboxylic acids is 2. The van der Waals surface area contributed by atoms with E-state index in [-0.39, 0.29) is 6.61 Å². The Morgan fingerprint density at radius 3 is 2.67 bits per heavy atom. The van der Waals surface area contributed by atoms with Gasteiger partial charge in [0.2, 0.25) is 0 Å². The number of para-hydroxylation sites is 1. The zero-order valence-corrected chi connectivity index (χ0v) is 10.9. The van der Waals surface area contributed by atoms with Crippen molar-refractivity contribution in [1.82, 2.24) is 0 Å². The summed E-state index contributed by atoms with van der Waals surface area (Å²) in [6.07, 6.45) is 0. The molecule has 4 nitrogen and oxygen atoms in total. The molecule has 18 heavy (non-hydrogen) atoms. The third-order valence-electron chi connectivity index (χ3n) is 3.13. The number of amides is 1. The van der Waals surface area contributed by atoms with Gasteiger partial charge in [0.05, 0.1) is 12.2 Å². The van der Waals surface area contributed by atoms with E-state index in [9.17, 15) is 9.59 Å². The minimum atomic E-state index is -0.765. The normalized spacial score (nSPS) is 16.1. The van der Waals surface area contributed by atoms with E-state index in [2.05, 4.69) is 13.8 Å². The molecular weight excluding hydrogens is 230 g/mol. The summed E-state index contributed by atoms with van der Waals surface area (Å²) in [6, 6.07) is 5.93. The van der Waals surface area contributed by atoms with Crippen LogP contribution in [0.25, 0.3) is 0 Å². The van der Waals surface area contributed by atoms with Gasteiger partial charge in [-0.3, -0.25) is 9.69 Å². The van der Waals surface area contributed by atoms with E-state index in [1.165, 1.54) is 4.90 Å². The second-order valence-electron chi connectivity index (χ2n) is 4.76. The minimum absolute atomic E-state index is 0.260. The maximum absolute atomic E-state index is 11.9. The van der Waals surface area contributed by atoms with E-state index in [1.54, 1.807) is 0 Å². The zero-order chi connectivity index (χ0) is 13.3. The van der Waals surface area contributed by atoms with Gasteiger partial charge in [0.15, 0.2) is 0 Å². The Balaban J connectivity index is 2.49. The standard InChI is InChI=1S/C14H17NO3/c1-9(2)11-6-4-5-10(3)12(11)15-7-8-18-14(17)13(15)16/h4-6,9H,7-8H2,1-3H3. The lowest BCUT2D eigenvalue weighted by Gasteiger charge is -2.30. The number of esters is 1. The molecule has 0 bridgehead atoms. The lowest BCUT2D eigenvalue weighted by atomic mass is 9.97. The largest absolute Gasteiger partial charge is 0.457 e. The summed E-state index contributed by atoms with van der Waals surface area (Å²) in [4.78, 5) is 24.8. The molecule has 1 aliphatic heterocycles. The molecule has 1 amide bonds. The average molecular weight is 247 g/mol. The van der Waals surface area contributed by atoms with Crippen LogP contribution in [0.2, 0.25) is 0 Å². The van der Waals surface area contributed by atoms with Crippen molar-refractivity contribution in [2.75, 3.05) is 18.1 Å². The van der Waals surface area contributed by atoms with Gasteiger partial charge in [0, 0.05) is 0 Å². The average Bonchev–Trinajstić information content (AvgIpc) is 2.33. The number of benzene rings is 1. The third kappa shape index (κ3) is 2.10. The second-order valence-corrected chi connectivity index (χ2v) is 4.76. The van der Waals surface area contributed by atoms with Gasteiger partial charge in [-0.1, -0.05) is 32.0 Å².